The number of ether oxygens (including phenoxy) is 1. The Morgan fingerprint density at radius 1 is 1.10 bits per heavy atom. The van der Waals surface area contributed by atoms with E-state index in [2.05, 4.69) is 35.0 Å². The maximum Gasteiger partial charge on any atom is 0.125 e. The maximum atomic E-state index is 10.6. The minimum Gasteiger partial charge on any atom is -0.493 e. The van der Waals surface area contributed by atoms with Crippen molar-refractivity contribution in [3.8, 4) is 5.75 Å². The molecule has 20 heavy (non-hydrogen) atoms. The molecule has 0 aliphatic rings. The van der Waals surface area contributed by atoms with Crippen LogP contribution in [0.15, 0.2) is 46.9 Å². The van der Waals surface area contributed by atoms with Crippen LogP contribution in [0.25, 0.3) is 0 Å². The van der Waals surface area contributed by atoms with Crippen LogP contribution in [-0.4, -0.2) is 11.7 Å². The molecule has 2 rings (SSSR count). The molecular weight excluding hydrogens is 316 g/mol. The Kier molecular flexibility index (Phi) is 5.21. The number of aryl methyl sites for hydroxylation is 1. The topological polar surface area (TPSA) is 29.5 Å². The number of benzene rings is 2. The number of aliphatic hydroxyl groups excluding tert-OH is 1. The second-order valence-electron chi connectivity index (χ2n) is 4.61. The van der Waals surface area contributed by atoms with E-state index >= 15 is 0 Å². The Hall–Kier alpha value is -1.32. The minimum atomic E-state index is -0.681. The van der Waals surface area contributed by atoms with Crippen LogP contribution in [0.5, 0.6) is 5.75 Å². The van der Waals surface area contributed by atoms with Crippen molar-refractivity contribution >= 4 is 15.9 Å². The first-order valence-electron chi connectivity index (χ1n) is 6.84. The van der Waals surface area contributed by atoms with Crippen molar-refractivity contribution in [1.82, 2.24) is 0 Å². The zero-order valence-electron chi connectivity index (χ0n) is 11.8. The molecular formula is C17H19BrO2. The first kappa shape index (κ1) is 15.1. The zero-order valence-corrected chi connectivity index (χ0v) is 13.4. The largest absolute Gasteiger partial charge is 0.493 e. The predicted octanol–water partition coefficient (Wildman–Crippen LogP) is 4.49. The highest BCUT2D eigenvalue weighted by atomic mass is 79.9. The lowest BCUT2D eigenvalue weighted by molar-refractivity contribution is 0.212. The van der Waals surface area contributed by atoms with Gasteiger partial charge in [0.25, 0.3) is 0 Å². The Morgan fingerprint density at radius 2 is 1.80 bits per heavy atom. The summed E-state index contributed by atoms with van der Waals surface area (Å²) in [6.07, 6.45) is 0.317. The number of hydrogen-bond acceptors (Lipinski definition) is 2. The third-order valence-electron chi connectivity index (χ3n) is 3.27. The Bertz CT molecular complexity index is 564. The van der Waals surface area contributed by atoms with E-state index in [0.29, 0.717) is 6.61 Å². The van der Waals surface area contributed by atoms with E-state index in [1.807, 2.05) is 37.3 Å². The first-order chi connectivity index (χ1) is 9.65. The van der Waals surface area contributed by atoms with Crippen LogP contribution >= 0.6 is 15.9 Å². The summed E-state index contributed by atoms with van der Waals surface area (Å²) in [4.78, 5) is 0. The van der Waals surface area contributed by atoms with Gasteiger partial charge in [0.1, 0.15) is 11.9 Å². The van der Waals surface area contributed by atoms with E-state index in [4.69, 9.17) is 4.74 Å². The van der Waals surface area contributed by atoms with E-state index in [1.54, 1.807) is 0 Å². The monoisotopic (exact) mass is 334 g/mol. The Balaban J connectivity index is 2.35. The lowest BCUT2D eigenvalue weighted by Crippen LogP contribution is -2.04. The van der Waals surface area contributed by atoms with Gasteiger partial charge in [-0.2, -0.15) is 0 Å². The standard InChI is InChI=1S/C17H19BrO2/c1-3-12-5-7-13(8-6-12)17(19)15-11-14(18)9-10-16(15)20-4-2/h5-11,17,19H,3-4H2,1-2H3. The van der Waals surface area contributed by atoms with Crippen molar-refractivity contribution in [1.29, 1.82) is 0 Å². The van der Waals surface area contributed by atoms with Crippen LogP contribution in [-0.2, 0) is 6.42 Å². The van der Waals surface area contributed by atoms with Gasteiger partial charge < -0.3 is 9.84 Å². The average molecular weight is 335 g/mol. The normalized spacial score (nSPS) is 12.2. The van der Waals surface area contributed by atoms with Gasteiger partial charge in [-0.3, -0.25) is 0 Å². The zero-order chi connectivity index (χ0) is 14.5. The molecule has 0 aromatic heterocycles. The third kappa shape index (κ3) is 3.41. The molecule has 2 nitrogen and oxygen atoms in total. The molecule has 0 saturated heterocycles. The molecule has 1 unspecified atom stereocenters. The first-order valence-corrected chi connectivity index (χ1v) is 7.64. The molecule has 1 atom stereocenters. The lowest BCUT2D eigenvalue weighted by Gasteiger charge is -2.17. The number of aliphatic hydroxyl groups is 1. The second-order valence-corrected chi connectivity index (χ2v) is 5.53. The molecule has 106 valence electrons. The second kappa shape index (κ2) is 6.91. The number of halogens is 1. The van der Waals surface area contributed by atoms with Gasteiger partial charge in [0.2, 0.25) is 0 Å². The van der Waals surface area contributed by atoms with E-state index in [1.165, 1.54) is 5.56 Å². The lowest BCUT2D eigenvalue weighted by atomic mass is 9.99. The molecule has 0 saturated carbocycles. The van der Waals surface area contributed by atoms with Gasteiger partial charge in [-0.25, -0.2) is 0 Å². The Morgan fingerprint density at radius 3 is 2.40 bits per heavy atom. The summed E-state index contributed by atoms with van der Waals surface area (Å²) in [6, 6.07) is 13.8. The summed E-state index contributed by atoms with van der Waals surface area (Å²) < 4.78 is 6.53. The highest BCUT2D eigenvalue weighted by Gasteiger charge is 2.16. The van der Waals surface area contributed by atoms with Crippen molar-refractivity contribution in [2.45, 2.75) is 26.4 Å². The fourth-order valence-electron chi connectivity index (χ4n) is 2.14. The minimum absolute atomic E-state index is 0.579. The summed E-state index contributed by atoms with van der Waals surface area (Å²) in [5, 5.41) is 10.6. The molecule has 2 aromatic rings. The van der Waals surface area contributed by atoms with Crippen molar-refractivity contribution in [2.75, 3.05) is 6.61 Å². The van der Waals surface area contributed by atoms with Crippen molar-refractivity contribution in [3.05, 3.63) is 63.6 Å². The Labute approximate surface area is 128 Å². The van der Waals surface area contributed by atoms with Crippen LogP contribution in [0.3, 0.4) is 0 Å². The van der Waals surface area contributed by atoms with E-state index < -0.39 is 6.10 Å². The maximum absolute atomic E-state index is 10.6. The van der Waals surface area contributed by atoms with Gasteiger partial charge in [-0.15, -0.1) is 0 Å². The van der Waals surface area contributed by atoms with Crippen LogP contribution < -0.4 is 4.74 Å². The van der Waals surface area contributed by atoms with Crippen molar-refractivity contribution in [2.24, 2.45) is 0 Å². The molecule has 0 amide bonds. The van der Waals surface area contributed by atoms with Crippen LogP contribution in [0, 0.1) is 0 Å². The molecule has 0 bridgehead atoms. The molecule has 0 heterocycles. The molecule has 0 aliphatic heterocycles. The van der Waals surface area contributed by atoms with E-state index in [9.17, 15) is 5.11 Å². The van der Waals surface area contributed by atoms with Crippen LogP contribution in [0.1, 0.15) is 36.6 Å². The van der Waals surface area contributed by atoms with Crippen LogP contribution in [0.4, 0.5) is 0 Å². The van der Waals surface area contributed by atoms with Gasteiger partial charge in [0, 0.05) is 10.0 Å². The SMILES string of the molecule is CCOc1ccc(Br)cc1C(O)c1ccc(CC)cc1. The smallest absolute Gasteiger partial charge is 0.125 e. The molecule has 0 radical (unpaired) electrons. The molecule has 3 heteroatoms. The fourth-order valence-corrected chi connectivity index (χ4v) is 2.51. The summed E-state index contributed by atoms with van der Waals surface area (Å²) in [5.41, 5.74) is 2.92. The van der Waals surface area contributed by atoms with Gasteiger partial charge in [0.05, 0.1) is 6.61 Å². The van der Waals surface area contributed by atoms with E-state index in [-0.39, 0.29) is 0 Å². The summed E-state index contributed by atoms with van der Waals surface area (Å²) in [6.45, 7) is 4.64. The fraction of sp³-hybridized carbons (Fsp3) is 0.294. The number of rotatable bonds is 5. The van der Waals surface area contributed by atoms with Crippen molar-refractivity contribution in [3.63, 3.8) is 0 Å². The summed E-state index contributed by atoms with van der Waals surface area (Å²) in [7, 11) is 0. The third-order valence-corrected chi connectivity index (χ3v) is 3.76. The molecule has 0 spiro atoms. The highest BCUT2D eigenvalue weighted by Crippen LogP contribution is 2.32. The molecule has 2 aromatic carbocycles. The molecule has 0 fully saturated rings. The molecule has 0 aliphatic carbocycles. The summed E-state index contributed by atoms with van der Waals surface area (Å²) >= 11 is 3.44. The molecule has 1 N–H and O–H groups in total. The number of hydrogen-bond donors (Lipinski definition) is 1. The van der Waals surface area contributed by atoms with Gasteiger partial charge in [0.15, 0.2) is 0 Å². The van der Waals surface area contributed by atoms with Crippen LogP contribution in [0.2, 0.25) is 0 Å². The predicted molar refractivity (Wildman–Crippen MR) is 85.2 cm³/mol. The van der Waals surface area contributed by atoms with Crippen molar-refractivity contribution < 1.29 is 9.84 Å². The van der Waals surface area contributed by atoms with Gasteiger partial charge >= 0.3 is 0 Å². The van der Waals surface area contributed by atoms with E-state index in [0.717, 1.165) is 27.8 Å². The van der Waals surface area contributed by atoms with Gasteiger partial charge in [-0.1, -0.05) is 47.1 Å². The quantitative estimate of drug-likeness (QED) is 0.872. The highest BCUT2D eigenvalue weighted by molar-refractivity contribution is 9.10. The van der Waals surface area contributed by atoms with Gasteiger partial charge in [-0.05, 0) is 42.7 Å². The average Bonchev–Trinajstić information content (AvgIpc) is 2.48. The summed E-state index contributed by atoms with van der Waals surface area (Å²) in [5.74, 6) is 0.725.